The van der Waals surface area contributed by atoms with Crippen LogP contribution in [0.25, 0.3) is 10.9 Å². The van der Waals surface area contributed by atoms with Crippen LogP contribution in [0.4, 0.5) is 0 Å². The van der Waals surface area contributed by atoms with Crippen LogP contribution >= 0.6 is 0 Å². The Bertz CT molecular complexity index is 594. The Morgan fingerprint density at radius 1 is 1.10 bits per heavy atom. The summed E-state index contributed by atoms with van der Waals surface area (Å²) in [4.78, 5) is 2.55. The molecule has 0 saturated carbocycles. The minimum atomic E-state index is 0.350. The van der Waals surface area contributed by atoms with Gasteiger partial charge >= 0.3 is 0 Å². The Labute approximate surface area is 120 Å². The van der Waals surface area contributed by atoms with E-state index >= 15 is 0 Å². The zero-order valence-corrected chi connectivity index (χ0v) is 12.5. The van der Waals surface area contributed by atoms with Gasteiger partial charge in [-0.05, 0) is 64.0 Å². The van der Waals surface area contributed by atoms with Crippen LogP contribution in [0, 0.1) is 0 Å². The molecule has 0 aliphatic carbocycles. The molecule has 2 heterocycles. The molecule has 0 spiro atoms. The minimum absolute atomic E-state index is 0.350. The Morgan fingerprint density at radius 2 is 1.85 bits per heavy atom. The maximum atomic E-state index is 9.67. The number of rotatable bonds is 3. The Hall–Kier alpha value is -1.48. The van der Waals surface area contributed by atoms with E-state index in [1.807, 2.05) is 12.1 Å². The first-order chi connectivity index (χ1) is 9.65. The highest BCUT2D eigenvalue weighted by molar-refractivity contribution is 5.83. The molecule has 1 N–H and O–H groups in total. The van der Waals surface area contributed by atoms with E-state index in [4.69, 9.17) is 0 Å². The van der Waals surface area contributed by atoms with Crippen molar-refractivity contribution < 1.29 is 5.11 Å². The highest BCUT2D eigenvalue weighted by Crippen LogP contribution is 2.28. The number of benzene rings is 1. The summed E-state index contributed by atoms with van der Waals surface area (Å²) in [7, 11) is 0. The molecule has 0 unspecified atom stereocenters. The lowest BCUT2D eigenvalue weighted by Gasteiger charge is -2.27. The number of fused-ring (bicyclic) bond motifs is 1. The molecule has 1 fully saturated rings. The van der Waals surface area contributed by atoms with Gasteiger partial charge in [0.05, 0.1) is 0 Å². The molecule has 3 heteroatoms. The highest BCUT2D eigenvalue weighted by atomic mass is 16.3. The average Bonchev–Trinajstić information content (AvgIpc) is 2.76. The third-order valence-corrected chi connectivity index (χ3v) is 4.25. The molecule has 1 aromatic heterocycles. The number of likely N-dealkylation sites (tertiary alicyclic amines) is 1. The van der Waals surface area contributed by atoms with Crippen molar-refractivity contribution in [3.63, 3.8) is 0 Å². The molecule has 0 bridgehead atoms. The predicted octanol–water partition coefficient (Wildman–Crippen LogP) is 3.91. The fourth-order valence-corrected chi connectivity index (χ4v) is 3.36. The van der Waals surface area contributed by atoms with Gasteiger partial charge in [-0.1, -0.05) is 6.42 Å². The number of aromatic hydroxyl groups is 1. The minimum Gasteiger partial charge on any atom is -0.508 e. The average molecular weight is 272 g/mol. The van der Waals surface area contributed by atoms with E-state index in [0.29, 0.717) is 11.8 Å². The summed E-state index contributed by atoms with van der Waals surface area (Å²) in [6, 6.07) is 8.37. The molecule has 1 saturated heterocycles. The molecule has 3 rings (SSSR count). The van der Waals surface area contributed by atoms with Crippen molar-refractivity contribution >= 4 is 10.9 Å². The number of phenols is 1. The smallest absolute Gasteiger partial charge is 0.116 e. The van der Waals surface area contributed by atoms with E-state index in [9.17, 15) is 5.11 Å². The highest BCUT2D eigenvalue weighted by Gasteiger charge is 2.16. The van der Waals surface area contributed by atoms with Crippen LogP contribution in [-0.4, -0.2) is 27.7 Å². The first-order valence-electron chi connectivity index (χ1n) is 7.70. The van der Waals surface area contributed by atoms with Crippen molar-refractivity contribution in [2.45, 2.75) is 45.7 Å². The standard InChI is InChI=1S/C17H24N2O/c1-13(2)19-15(12-18-8-4-3-5-9-18)10-14-11-16(20)6-7-17(14)19/h6-7,10-11,13,20H,3-5,8-9,12H2,1-2H3. The largest absolute Gasteiger partial charge is 0.508 e. The lowest BCUT2D eigenvalue weighted by molar-refractivity contribution is 0.215. The van der Waals surface area contributed by atoms with Crippen molar-refractivity contribution in [3.8, 4) is 5.75 Å². The zero-order valence-electron chi connectivity index (χ0n) is 12.5. The molecule has 20 heavy (non-hydrogen) atoms. The summed E-state index contributed by atoms with van der Waals surface area (Å²) in [6.07, 6.45) is 4.02. The van der Waals surface area contributed by atoms with Crippen LogP contribution in [0.15, 0.2) is 24.3 Å². The molecule has 108 valence electrons. The molecule has 2 aromatic rings. The second kappa shape index (κ2) is 5.49. The van der Waals surface area contributed by atoms with Crippen LogP contribution in [0.1, 0.15) is 44.8 Å². The van der Waals surface area contributed by atoms with Crippen LogP contribution in [-0.2, 0) is 6.54 Å². The number of phenolic OH excluding ortho intramolecular Hbond substituents is 1. The van der Waals surface area contributed by atoms with Crippen molar-refractivity contribution in [2.24, 2.45) is 0 Å². The van der Waals surface area contributed by atoms with Gasteiger partial charge in [0.25, 0.3) is 0 Å². The van der Waals surface area contributed by atoms with E-state index in [0.717, 1.165) is 11.9 Å². The summed E-state index contributed by atoms with van der Waals surface area (Å²) >= 11 is 0. The lowest BCUT2D eigenvalue weighted by atomic mass is 10.1. The van der Waals surface area contributed by atoms with Gasteiger partial charge in [0.15, 0.2) is 0 Å². The van der Waals surface area contributed by atoms with Gasteiger partial charge in [0, 0.05) is 29.2 Å². The van der Waals surface area contributed by atoms with Gasteiger partial charge in [-0.2, -0.15) is 0 Å². The second-order valence-electron chi connectivity index (χ2n) is 6.18. The predicted molar refractivity (Wildman–Crippen MR) is 83.1 cm³/mol. The normalized spacial score (nSPS) is 17.1. The number of hydrogen-bond donors (Lipinski definition) is 1. The van der Waals surface area contributed by atoms with Crippen molar-refractivity contribution in [2.75, 3.05) is 13.1 Å². The SMILES string of the molecule is CC(C)n1c(CN2CCCCC2)cc2cc(O)ccc21. The van der Waals surface area contributed by atoms with Crippen molar-refractivity contribution in [1.82, 2.24) is 9.47 Å². The van der Waals surface area contributed by atoms with Gasteiger partial charge in [0.2, 0.25) is 0 Å². The molecule has 0 amide bonds. The molecule has 1 aromatic carbocycles. The van der Waals surface area contributed by atoms with Gasteiger partial charge in [-0.15, -0.1) is 0 Å². The molecule has 0 radical (unpaired) electrons. The van der Waals surface area contributed by atoms with E-state index in [2.05, 4.69) is 29.4 Å². The summed E-state index contributed by atoms with van der Waals surface area (Å²) in [5, 5.41) is 10.8. The van der Waals surface area contributed by atoms with E-state index in [-0.39, 0.29) is 0 Å². The first-order valence-corrected chi connectivity index (χ1v) is 7.70. The molecule has 0 atom stereocenters. The van der Waals surface area contributed by atoms with Crippen LogP contribution < -0.4 is 0 Å². The van der Waals surface area contributed by atoms with Gasteiger partial charge in [0.1, 0.15) is 5.75 Å². The van der Waals surface area contributed by atoms with Gasteiger partial charge < -0.3 is 9.67 Å². The Balaban J connectivity index is 1.97. The zero-order chi connectivity index (χ0) is 14.1. The van der Waals surface area contributed by atoms with Crippen LogP contribution in [0.5, 0.6) is 5.75 Å². The fraction of sp³-hybridized carbons (Fsp3) is 0.529. The Morgan fingerprint density at radius 3 is 2.55 bits per heavy atom. The maximum Gasteiger partial charge on any atom is 0.116 e. The van der Waals surface area contributed by atoms with Crippen molar-refractivity contribution in [1.29, 1.82) is 0 Å². The molecular formula is C17H24N2O. The third-order valence-electron chi connectivity index (χ3n) is 4.25. The van der Waals surface area contributed by atoms with Crippen LogP contribution in [0.2, 0.25) is 0 Å². The van der Waals surface area contributed by atoms with E-state index in [1.54, 1.807) is 6.07 Å². The summed E-state index contributed by atoms with van der Waals surface area (Å²) < 4.78 is 2.41. The summed E-state index contributed by atoms with van der Waals surface area (Å²) in [5.74, 6) is 0.350. The Kier molecular flexibility index (Phi) is 3.70. The first kappa shape index (κ1) is 13.5. The monoisotopic (exact) mass is 272 g/mol. The molecule has 3 nitrogen and oxygen atoms in total. The quantitative estimate of drug-likeness (QED) is 0.917. The van der Waals surface area contributed by atoms with Gasteiger partial charge in [-0.25, -0.2) is 0 Å². The van der Waals surface area contributed by atoms with Crippen molar-refractivity contribution in [3.05, 3.63) is 30.0 Å². The molecular weight excluding hydrogens is 248 g/mol. The fourth-order valence-electron chi connectivity index (χ4n) is 3.36. The third kappa shape index (κ3) is 2.55. The van der Waals surface area contributed by atoms with E-state index in [1.165, 1.54) is 43.6 Å². The van der Waals surface area contributed by atoms with Gasteiger partial charge in [-0.3, -0.25) is 4.90 Å². The summed E-state index contributed by atoms with van der Waals surface area (Å²) in [5.41, 5.74) is 2.59. The molecule has 1 aliphatic rings. The number of nitrogens with zero attached hydrogens (tertiary/aromatic N) is 2. The lowest BCUT2D eigenvalue weighted by Crippen LogP contribution is -2.30. The topological polar surface area (TPSA) is 28.4 Å². The summed E-state index contributed by atoms with van der Waals surface area (Å²) in [6.45, 7) is 7.90. The number of aromatic nitrogens is 1. The molecule has 1 aliphatic heterocycles. The number of hydrogen-bond acceptors (Lipinski definition) is 2. The van der Waals surface area contributed by atoms with E-state index < -0.39 is 0 Å². The second-order valence-corrected chi connectivity index (χ2v) is 6.18. The van der Waals surface area contributed by atoms with Crippen LogP contribution in [0.3, 0.4) is 0 Å². The maximum absolute atomic E-state index is 9.67. The number of piperidine rings is 1.